The lowest BCUT2D eigenvalue weighted by Crippen LogP contribution is -2.44. The maximum atomic E-state index is 12.6. The smallest absolute Gasteiger partial charge is 0.348 e. The van der Waals surface area contributed by atoms with Crippen LogP contribution in [-0.2, 0) is 19.6 Å². The first-order chi connectivity index (χ1) is 12.8. The van der Waals surface area contributed by atoms with Crippen LogP contribution < -0.4 is 5.32 Å². The minimum absolute atomic E-state index is 0.0404. The third-order valence-corrected chi connectivity index (χ3v) is 7.63. The Morgan fingerprint density at radius 1 is 1.33 bits per heavy atom. The molecule has 0 radical (unpaired) electrons. The summed E-state index contributed by atoms with van der Waals surface area (Å²) in [4.78, 5) is 24.8. The van der Waals surface area contributed by atoms with Crippen molar-refractivity contribution in [1.29, 1.82) is 0 Å². The summed E-state index contributed by atoms with van der Waals surface area (Å²) in [5.74, 6) is -0.905. The molecule has 1 aromatic heterocycles. The van der Waals surface area contributed by atoms with Crippen LogP contribution in [0.2, 0.25) is 0 Å². The van der Waals surface area contributed by atoms with Crippen molar-refractivity contribution in [2.45, 2.75) is 19.8 Å². The molecule has 1 aromatic carbocycles. The molecule has 2 aromatic rings. The molecule has 1 fully saturated rings. The molecule has 1 amide bonds. The number of esters is 1. The second-order valence-electron chi connectivity index (χ2n) is 6.44. The number of anilines is 1. The van der Waals surface area contributed by atoms with Gasteiger partial charge in [0.1, 0.15) is 4.88 Å². The van der Waals surface area contributed by atoms with E-state index in [4.69, 9.17) is 4.74 Å². The Morgan fingerprint density at radius 3 is 2.81 bits per heavy atom. The number of amides is 1. The predicted molar refractivity (Wildman–Crippen MR) is 106 cm³/mol. The molecule has 0 saturated carbocycles. The first kappa shape index (κ1) is 19.8. The average molecular weight is 411 g/mol. The van der Waals surface area contributed by atoms with E-state index >= 15 is 0 Å². The lowest BCUT2D eigenvalue weighted by molar-refractivity contribution is -0.120. The van der Waals surface area contributed by atoms with Gasteiger partial charge in [-0.1, -0.05) is 0 Å². The first-order valence-electron chi connectivity index (χ1n) is 8.74. The Bertz CT molecular complexity index is 967. The normalized spacial score (nSPS) is 18.4. The zero-order valence-electron chi connectivity index (χ0n) is 15.2. The van der Waals surface area contributed by atoms with Crippen molar-refractivity contribution < 1.29 is 22.7 Å². The summed E-state index contributed by atoms with van der Waals surface area (Å²) in [6.45, 7) is 2.30. The summed E-state index contributed by atoms with van der Waals surface area (Å²) < 4.78 is 31.2. The van der Waals surface area contributed by atoms with Crippen LogP contribution >= 0.6 is 11.3 Å². The molecular weight excluding hydrogens is 388 g/mol. The van der Waals surface area contributed by atoms with Crippen LogP contribution in [0.1, 0.15) is 29.4 Å². The van der Waals surface area contributed by atoms with E-state index in [2.05, 4.69) is 5.32 Å². The van der Waals surface area contributed by atoms with Crippen LogP contribution in [0, 0.1) is 5.92 Å². The molecule has 146 valence electrons. The van der Waals surface area contributed by atoms with E-state index in [-0.39, 0.29) is 30.1 Å². The summed E-state index contributed by atoms with van der Waals surface area (Å²) in [5.41, 5.74) is 0.622. The number of carbonyl (C=O) groups excluding carboxylic acids is 2. The van der Waals surface area contributed by atoms with E-state index in [9.17, 15) is 18.0 Å². The Morgan fingerprint density at radius 2 is 2.11 bits per heavy atom. The summed E-state index contributed by atoms with van der Waals surface area (Å²) >= 11 is 1.33. The Labute approximate surface area is 162 Å². The standard InChI is InChI=1S/C18H22N2O5S2/c1-3-27(23,24)20-8-4-5-12(11-20)17(21)19-14-6-7-15-13(9-14)10-16(26-15)18(22)25-2/h6-7,9-10,12H,3-5,8,11H2,1-2H3,(H,19,21)/t12-/m1/s1. The largest absolute Gasteiger partial charge is 0.465 e. The number of hydrogen-bond donors (Lipinski definition) is 1. The number of thiophene rings is 1. The van der Waals surface area contributed by atoms with Gasteiger partial charge >= 0.3 is 5.97 Å². The number of methoxy groups -OCH3 is 1. The van der Waals surface area contributed by atoms with Crippen molar-refractivity contribution in [3.8, 4) is 0 Å². The quantitative estimate of drug-likeness (QED) is 0.765. The van der Waals surface area contributed by atoms with Gasteiger partial charge < -0.3 is 10.1 Å². The fraction of sp³-hybridized carbons (Fsp3) is 0.444. The number of rotatable bonds is 5. The van der Waals surface area contributed by atoms with Crippen LogP contribution in [0.3, 0.4) is 0 Å². The topological polar surface area (TPSA) is 92.8 Å². The molecule has 0 spiro atoms. The Hall–Kier alpha value is -1.97. The second-order valence-corrected chi connectivity index (χ2v) is 9.78. The lowest BCUT2D eigenvalue weighted by Gasteiger charge is -2.30. The molecule has 1 N–H and O–H groups in total. The van der Waals surface area contributed by atoms with E-state index in [1.165, 1.54) is 22.8 Å². The highest BCUT2D eigenvalue weighted by Gasteiger charge is 2.31. The van der Waals surface area contributed by atoms with Crippen molar-refractivity contribution in [1.82, 2.24) is 4.31 Å². The van der Waals surface area contributed by atoms with Crippen molar-refractivity contribution in [3.63, 3.8) is 0 Å². The highest BCUT2D eigenvalue weighted by molar-refractivity contribution is 7.89. The van der Waals surface area contributed by atoms with Crippen LogP contribution in [0.4, 0.5) is 5.69 Å². The number of sulfonamides is 1. The van der Waals surface area contributed by atoms with E-state index in [1.807, 2.05) is 6.07 Å². The molecule has 0 aliphatic carbocycles. The van der Waals surface area contributed by atoms with Crippen molar-refractivity contribution in [2.24, 2.45) is 5.92 Å². The van der Waals surface area contributed by atoms with Gasteiger partial charge in [-0.15, -0.1) is 11.3 Å². The van der Waals surface area contributed by atoms with Gasteiger partial charge in [0, 0.05) is 23.5 Å². The van der Waals surface area contributed by atoms with Crippen LogP contribution in [0.15, 0.2) is 24.3 Å². The highest BCUT2D eigenvalue weighted by atomic mass is 32.2. The number of carbonyl (C=O) groups is 2. The average Bonchev–Trinajstić information content (AvgIpc) is 3.10. The van der Waals surface area contributed by atoms with Gasteiger partial charge in [-0.25, -0.2) is 17.5 Å². The van der Waals surface area contributed by atoms with E-state index < -0.39 is 10.0 Å². The summed E-state index contributed by atoms with van der Waals surface area (Å²) in [6, 6.07) is 7.16. The molecule has 3 rings (SSSR count). The van der Waals surface area contributed by atoms with E-state index in [1.54, 1.807) is 25.1 Å². The van der Waals surface area contributed by atoms with Gasteiger partial charge in [0.25, 0.3) is 0 Å². The zero-order chi connectivity index (χ0) is 19.6. The predicted octanol–water partition coefficient (Wildman–Crippen LogP) is 2.69. The van der Waals surface area contributed by atoms with E-state index in [0.717, 1.165) is 10.1 Å². The van der Waals surface area contributed by atoms with Crippen LogP contribution in [0.25, 0.3) is 10.1 Å². The van der Waals surface area contributed by atoms with Crippen molar-refractivity contribution in [3.05, 3.63) is 29.1 Å². The zero-order valence-corrected chi connectivity index (χ0v) is 16.9. The number of benzene rings is 1. The molecule has 1 saturated heterocycles. The first-order valence-corrected chi connectivity index (χ1v) is 11.2. The number of nitrogens with zero attached hydrogens (tertiary/aromatic N) is 1. The lowest BCUT2D eigenvalue weighted by atomic mass is 9.98. The number of fused-ring (bicyclic) bond motifs is 1. The number of ether oxygens (including phenoxy) is 1. The van der Waals surface area contributed by atoms with Gasteiger partial charge in [0.15, 0.2) is 0 Å². The monoisotopic (exact) mass is 410 g/mol. The highest BCUT2D eigenvalue weighted by Crippen LogP contribution is 2.29. The molecule has 1 aliphatic rings. The molecular formula is C18H22N2O5S2. The summed E-state index contributed by atoms with van der Waals surface area (Å²) in [7, 11) is -1.95. The maximum absolute atomic E-state index is 12.6. The van der Waals surface area contributed by atoms with Gasteiger partial charge in [-0.05, 0) is 49.4 Å². The van der Waals surface area contributed by atoms with Gasteiger partial charge in [-0.3, -0.25) is 4.79 Å². The second kappa shape index (κ2) is 7.95. The fourth-order valence-electron chi connectivity index (χ4n) is 3.16. The van der Waals surface area contributed by atoms with Gasteiger partial charge in [0.05, 0.1) is 18.8 Å². The number of hydrogen-bond acceptors (Lipinski definition) is 6. The maximum Gasteiger partial charge on any atom is 0.348 e. The molecule has 0 bridgehead atoms. The summed E-state index contributed by atoms with van der Waals surface area (Å²) in [5, 5.41) is 3.72. The Kier molecular flexibility index (Phi) is 5.83. The van der Waals surface area contributed by atoms with Gasteiger partial charge in [-0.2, -0.15) is 0 Å². The number of nitrogens with one attached hydrogen (secondary N) is 1. The Balaban J connectivity index is 1.72. The molecule has 27 heavy (non-hydrogen) atoms. The van der Waals surface area contributed by atoms with Crippen LogP contribution in [-0.4, -0.2) is 50.6 Å². The molecule has 1 atom stereocenters. The number of piperidine rings is 1. The molecule has 2 heterocycles. The molecule has 1 aliphatic heterocycles. The van der Waals surface area contributed by atoms with Crippen molar-refractivity contribution in [2.75, 3.05) is 31.3 Å². The molecule has 0 unspecified atom stereocenters. The molecule has 9 heteroatoms. The minimum atomic E-state index is -3.29. The third kappa shape index (κ3) is 4.31. The third-order valence-electron chi connectivity index (χ3n) is 4.68. The van der Waals surface area contributed by atoms with Crippen molar-refractivity contribution >= 4 is 49.0 Å². The SMILES string of the molecule is CCS(=O)(=O)N1CCC[C@@H](C(=O)Nc2ccc3sc(C(=O)OC)cc3c2)C1. The van der Waals surface area contributed by atoms with Gasteiger partial charge in [0.2, 0.25) is 15.9 Å². The minimum Gasteiger partial charge on any atom is -0.465 e. The summed E-state index contributed by atoms with van der Waals surface area (Å²) in [6.07, 6.45) is 1.33. The molecule has 7 nitrogen and oxygen atoms in total. The van der Waals surface area contributed by atoms with E-state index in [0.29, 0.717) is 30.0 Å². The fourth-order valence-corrected chi connectivity index (χ4v) is 5.30. The van der Waals surface area contributed by atoms with Crippen LogP contribution in [0.5, 0.6) is 0 Å².